The summed E-state index contributed by atoms with van der Waals surface area (Å²) >= 11 is 0. The molecular weight excluding hydrogens is 281 g/mol. The van der Waals surface area contributed by atoms with Gasteiger partial charge in [-0.3, -0.25) is 9.79 Å². The van der Waals surface area contributed by atoms with Crippen molar-refractivity contribution in [3.63, 3.8) is 0 Å². The molecule has 3 N–H and O–H groups in total. The van der Waals surface area contributed by atoms with E-state index in [0.29, 0.717) is 22.5 Å². The summed E-state index contributed by atoms with van der Waals surface area (Å²) in [5, 5.41) is 2.81. The summed E-state index contributed by atoms with van der Waals surface area (Å²) in [6.45, 7) is 1.99. The normalized spacial score (nSPS) is 17.3. The average Bonchev–Trinajstić information content (AvgIpc) is 2.65. The van der Waals surface area contributed by atoms with Crippen LogP contribution in [0.25, 0.3) is 0 Å². The number of hydrogen-bond acceptors (Lipinski definition) is 3. The SMILES string of the molecule is CCc1cccc2c1NC(=O)C(N)N=C2c1ccccc1F. The maximum absolute atomic E-state index is 14.2. The molecular formula is C17H16FN3O. The molecule has 0 fully saturated rings. The second kappa shape index (κ2) is 5.69. The van der Waals surface area contributed by atoms with Crippen LogP contribution in [0.1, 0.15) is 23.6 Å². The zero-order valence-corrected chi connectivity index (χ0v) is 12.1. The molecule has 112 valence electrons. The van der Waals surface area contributed by atoms with E-state index in [2.05, 4.69) is 10.3 Å². The molecule has 1 atom stereocenters. The summed E-state index contributed by atoms with van der Waals surface area (Å²) in [4.78, 5) is 16.3. The number of benzodiazepines with no additional fused rings is 1. The number of nitrogens with one attached hydrogen (secondary N) is 1. The van der Waals surface area contributed by atoms with Crippen molar-refractivity contribution in [2.24, 2.45) is 10.7 Å². The van der Waals surface area contributed by atoms with Gasteiger partial charge in [-0.15, -0.1) is 0 Å². The molecule has 0 spiro atoms. The van der Waals surface area contributed by atoms with Crippen LogP contribution < -0.4 is 11.1 Å². The highest BCUT2D eigenvalue weighted by Gasteiger charge is 2.25. The lowest BCUT2D eigenvalue weighted by molar-refractivity contribution is -0.117. The van der Waals surface area contributed by atoms with Crippen LogP contribution in [-0.2, 0) is 11.2 Å². The molecule has 1 unspecified atom stereocenters. The number of aryl methyl sites for hydroxylation is 1. The van der Waals surface area contributed by atoms with Crippen LogP contribution in [0.2, 0.25) is 0 Å². The number of aliphatic imine (C=N–C) groups is 1. The lowest BCUT2D eigenvalue weighted by Crippen LogP contribution is -2.33. The predicted molar refractivity (Wildman–Crippen MR) is 84.5 cm³/mol. The standard InChI is InChI=1S/C17H16FN3O/c1-2-10-6-5-8-12-14(10)21-17(22)16(19)20-15(12)11-7-3-4-9-13(11)18/h3-9,16H,2,19H2,1H3,(H,21,22). The molecule has 0 bridgehead atoms. The smallest absolute Gasteiger partial charge is 0.263 e. The highest BCUT2D eigenvalue weighted by Crippen LogP contribution is 2.28. The second-order valence-electron chi connectivity index (χ2n) is 5.08. The van der Waals surface area contributed by atoms with E-state index >= 15 is 0 Å². The lowest BCUT2D eigenvalue weighted by atomic mass is 9.96. The van der Waals surface area contributed by atoms with Crippen molar-refractivity contribution >= 4 is 17.3 Å². The van der Waals surface area contributed by atoms with Crippen LogP contribution in [0, 0.1) is 5.82 Å². The van der Waals surface area contributed by atoms with Crippen molar-refractivity contribution < 1.29 is 9.18 Å². The molecule has 2 aromatic rings. The van der Waals surface area contributed by atoms with Crippen molar-refractivity contribution in [2.75, 3.05) is 5.32 Å². The van der Waals surface area contributed by atoms with Gasteiger partial charge in [0.2, 0.25) is 0 Å². The Morgan fingerprint density at radius 3 is 2.64 bits per heavy atom. The molecule has 0 aromatic heterocycles. The Morgan fingerprint density at radius 2 is 1.91 bits per heavy atom. The summed E-state index contributed by atoms with van der Waals surface area (Å²) in [7, 11) is 0. The number of carbonyl (C=O) groups is 1. The Morgan fingerprint density at radius 1 is 1.18 bits per heavy atom. The molecule has 1 heterocycles. The maximum atomic E-state index is 14.2. The van der Waals surface area contributed by atoms with Gasteiger partial charge in [-0.05, 0) is 24.1 Å². The average molecular weight is 297 g/mol. The molecule has 4 nitrogen and oxygen atoms in total. The number of benzene rings is 2. The van der Waals surface area contributed by atoms with E-state index in [1.165, 1.54) is 6.07 Å². The van der Waals surface area contributed by atoms with Crippen LogP contribution in [0.5, 0.6) is 0 Å². The monoisotopic (exact) mass is 297 g/mol. The maximum Gasteiger partial charge on any atom is 0.263 e. The summed E-state index contributed by atoms with van der Waals surface area (Å²) in [5.41, 5.74) is 8.84. The second-order valence-corrected chi connectivity index (χ2v) is 5.08. The van der Waals surface area contributed by atoms with Gasteiger partial charge in [0.25, 0.3) is 5.91 Å². The minimum atomic E-state index is -1.06. The minimum Gasteiger partial charge on any atom is -0.322 e. The quantitative estimate of drug-likeness (QED) is 0.894. The van der Waals surface area contributed by atoms with Crippen LogP contribution in [0.4, 0.5) is 10.1 Å². The number of para-hydroxylation sites is 1. The number of hydrogen-bond donors (Lipinski definition) is 2. The van der Waals surface area contributed by atoms with E-state index in [-0.39, 0.29) is 0 Å². The van der Waals surface area contributed by atoms with E-state index in [9.17, 15) is 9.18 Å². The van der Waals surface area contributed by atoms with Gasteiger partial charge in [0.05, 0.1) is 11.4 Å². The minimum absolute atomic E-state index is 0.337. The van der Waals surface area contributed by atoms with Gasteiger partial charge in [-0.25, -0.2) is 4.39 Å². The van der Waals surface area contributed by atoms with Gasteiger partial charge in [-0.2, -0.15) is 0 Å². The number of anilines is 1. The molecule has 0 radical (unpaired) electrons. The van der Waals surface area contributed by atoms with E-state index in [1.54, 1.807) is 18.2 Å². The van der Waals surface area contributed by atoms with Crippen molar-refractivity contribution in [3.8, 4) is 0 Å². The molecule has 22 heavy (non-hydrogen) atoms. The van der Waals surface area contributed by atoms with E-state index in [1.807, 2.05) is 25.1 Å². The van der Waals surface area contributed by atoms with Crippen LogP contribution in [0.3, 0.4) is 0 Å². The first-order chi connectivity index (χ1) is 10.6. The van der Waals surface area contributed by atoms with Crippen molar-refractivity contribution in [3.05, 3.63) is 65.0 Å². The van der Waals surface area contributed by atoms with Crippen molar-refractivity contribution in [1.29, 1.82) is 0 Å². The van der Waals surface area contributed by atoms with Gasteiger partial charge in [-0.1, -0.05) is 37.3 Å². The fourth-order valence-corrected chi connectivity index (χ4v) is 2.57. The summed E-state index contributed by atoms with van der Waals surface area (Å²) < 4.78 is 14.2. The molecule has 0 saturated heterocycles. The first-order valence-corrected chi connectivity index (χ1v) is 7.13. The van der Waals surface area contributed by atoms with Crippen molar-refractivity contribution in [2.45, 2.75) is 19.5 Å². The van der Waals surface area contributed by atoms with Gasteiger partial charge >= 0.3 is 0 Å². The van der Waals surface area contributed by atoms with Crippen LogP contribution in [-0.4, -0.2) is 17.8 Å². The number of nitrogens with zero attached hydrogens (tertiary/aromatic N) is 1. The number of halogens is 1. The number of rotatable bonds is 2. The van der Waals surface area contributed by atoms with E-state index < -0.39 is 17.9 Å². The Hall–Kier alpha value is -2.53. The molecule has 2 aromatic carbocycles. The Bertz CT molecular complexity index is 770. The number of fused-ring (bicyclic) bond motifs is 1. The van der Waals surface area contributed by atoms with Crippen molar-refractivity contribution in [1.82, 2.24) is 0 Å². The number of nitrogens with two attached hydrogens (primary N) is 1. The third-order valence-corrected chi connectivity index (χ3v) is 3.70. The number of amides is 1. The third kappa shape index (κ3) is 2.40. The summed E-state index contributed by atoms with van der Waals surface area (Å²) in [6.07, 6.45) is -0.324. The van der Waals surface area contributed by atoms with E-state index in [4.69, 9.17) is 5.73 Å². The molecule has 5 heteroatoms. The predicted octanol–water partition coefficient (Wildman–Crippen LogP) is 2.46. The highest BCUT2D eigenvalue weighted by molar-refractivity contribution is 6.20. The van der Waals surface area contributed by atoms with Gasteiger partial charge in [0.15, 0.2) is 6.17 Å². The highest BCUT2D eigenvalue weighted by atomic mass is 19.1. The third-order valence-electron chi connectivity index (χ3n) is 3.70. The zero-order valence-electron chi connectivity index (χ0n) is 12.1. The molecule has 1 aliphatic rings. The Labute approximate surface area is 127 Å². The zero-order chi connectivity index (χ0) is 15.7. The Balaban J connectivity index is 2.28. The molecule has 3 rings (SSSR count). The molecule has 0 saturated carbocycles. The largest absolute Gasteiger partial charge is 0.322 e. The molecule has 0 aliphatic carbocycles. The fourth-order valence-electron chi connectivity index (χ4n) is 2.57. The molecule has 1 aliphatic heterocycles. The van der Waals surface area contributed by atoms with E-state index in [0.717, 1.165) is 12.0 Å². The van der Waals surface area contributed by atoms with Crippen LogP contribution in [0.15, 0.2) is 47.5 Å². The van der Waals surface area contributed by atoms with Gasteiger partial charge < -0.3 is 11.1 Å². The summed E-state index contributed by atoms with van der Waals surface area (Å²) in [6, 6.07) is 12.0. The lowest BCUT2D eigenvalue weighted by Gasteiger charge is -2.14. The van der Waals surface area contributed by atoms with Gasteiger partial charge in [0, 0.05) is 11.1 Å². The van der Waals surface area contributed by atoms with Gasteiger partial charge in [0.1, 0.15) is 5.82 Å². The first-order valence-electron chi connectivity index (χ1n) is 7.13. The summed E-state index contributed by atoms with van der Waals surface area (Å²) in [5.74, 6) is -0.788. The first kappa shape index (κ1) is 14.4. The fraction of sp³-hybridized carbons (Fsp3) is 0.176. The van der Waals surface area contributed by atoms with Crippen LogP contribution >= 0.6 is 0 Å². The topological polar surface area (TPSA) is 67.5 Å². The number of carbonyl (C=O) groups excluding carboxylic acids is 1. The Kier molecular flexibility index (Phi) is 3.73. The molecule has 1 amide bonds.